The van der Waals surface area contributed by atoms with Crippen LogP contribution in [0.2, 0.25) is 0 Å². The van der Waals surface area contributed by atoms with Gasteiger partial charge in [0.15, 0.2) is 5.96 Å². The second-order valence-electron chi connectivity index (χ2n) is 5.63. The van der Waals surface area contributed by atoms with E-state index < -0.39 is 0 Å². The lowest BCUT2D eigenvalue weighted by Crippen LogP contribution is -2.47. The predicted octanol–water partition coefficient (Wildman–Crippen LogP) is 3.81. The number of nitrogens with zero attached hydrogens (tertiary/aromatic N) is 2. The first-order valence-corrected chi connectivity index (χ1v) is 7.73. The maximum atomic E-state index is 6.16. The van der Waals surface area contributed by atoms with Gasteiger partial charge in [-0.25, -0.2) is 0 Å². The number of guanidine groups is 1. The third-order valence-corrected chi connectivity index (χ3v) is 4.50. The molecule has 3 nitrogen and oxygen atoms in total. The molecule has 0 bridgehead atoms. The quantitative estimate of drug-likeness (QED) is 0.900. The highest BCUT2D eigenvalue weighted by Crippen LogP contribution is 2.37. The van der Waals surface area contributed by atoms with Gasteiger partial charge >= 0.3 is 0 Å². The Morgan fingerprint density at radius 1 is 1.19 bits per heavy atom. The first kappa shape index (κ1) is 14.1. The Hall–Kier alpha value is -1.81. The van der Waals surface area contributed by atoms with Crippen LogP contribution in [-0.2, 0) is 5.54 Å². The normalized spacial score (nSPS) is 21.5. The monoisotopic (exact) mass is 343 g/mol. The van der Waals surface area contributed by atoms with Crippen LogP contribution < -0.4 is 10.6 Å². The Morgan fingerprint density at radius 3 is 2.57 bits per heavy atom. The lowest BCUT2D eigenvalue weighted by Gasteiger charge is -2.36. The second kappa shape index (κ2) is 5.19. The van der Waals surface area contributed by atoms with Crippen LogP contribution in [0, 0.1) is 6.92 Å². The van der Waals surface area contributed by atoms with Gasteiger partial charge in [-0.1, -0.05) is 45.8 Å². The molecule has 4 heteroatoms. The molecule has 0 radical (unpaired) electrons. The maximum Gasteiger partial charge on any atom is 0.196 e. The number of nitrogens with two attached hydrogens (primary N) is 1. The van der Waals surface area contributed by atoms with Crippen LogP contribution in [0.5, 0.6) is 0 Å². The van der Waals surface area contributed by atoms with Crippen LogP contribution in [0.1, 0.15) is 18.1 Å². The first-order valence-electron chi connectivity index (χ1n) is 6.93. The average molecular weight is 344 g/mol. The molecule has 1 aliphatic rings. The van der Waals surface area contributed by atoms with Gasteiger partial charge in [-0.15, -0.1) is 0 Å². The standard InChI is InChI=1S/C17H18BrN3/c1-12-6-8-15(9-7-12)21-16(19)20-11-17(21,2)13-4-3-5-14(18)10-13/h3-10H,11H2,1-2H3,(H2,19,20). The van der Waals surface area contributed by atoms with E-state index in [9.17, 15) is 0 Å². The molecule has 1 aliphatic heterocycles. The summed E-state index contributed by atoms with van der Waals surface area (Å²) in [6.07, 6.45) is 0. The maximum absolute atomic E-state index is 6.16. The Morgan fingerprint density at radius 2 is 1.90 bits per heavy atom. The third-order valence-electron chi connectivity index (χ3n) is 4.01. The summed E-state index contributed by atoms with van der Waals surface area (Å²) < 4.78 is 1.07. The third kappa shape index (κ3) is 2.44. The van der Waals surface area contributed by atoms with Gasteiger partial charge in [0, 0.05) is 10.2 Å². The van der Waals surface area contributed by atoms with E-state index in [-0.39, 0.29) is 5.54 Å². The van der Waals surface area contributed by atoms with Gasteiger partial charge in [-0.05, 0) is 43.7 Å². The molecule has 1 heterocycles. The minimum Gasteiger partial charge on any atom is -0.369 e. The van der Waals surface area contributed by atoms with Crippen LogP contribution in [-0.4, -0.2) is 12.5 Å². The van der Waals surface area contributed by atoms with Crippen molar-refractivity contribution in [1.82, 2.24) is 0 Å². The van der Waals surface area contributed by atoms with Gasteiger partial charge in [-0.2, -0.15) is 0 Å². The Labute approximate surface area is 133 Å². The summed E-state index contributed by atoms with van der Waals surface area (Å²) in [5.74, 6) is 0.571. The molecule has 3 rings (SSSR count). The van der Waals surface area contributed by atoms with Crippen molar-refractivity contribution in [3.05, 3.63) is 64.1 Å². The van der Waals surface area contributed by atoms with Crippen LogP contribution in [0.4, 0.5) is 5.69 Å². The van der Waals surface area contributed by atoms with Crippen LogP contribution in [0.15, 0.2) is 58.0 Å². The fraction of sp³-hybridized carbons (Fsp3) is 0.235. The van der Waals surface area contributed by atoms with Crippen molar-refractivity contribution in [3.63, 3.8) is 0 Å². The first-order chi connectivity index (χ1) is 10.0. The van der Waals surface area contributed by atoms with Crippen LogP contribution in [0.25, 0.3) is 0 Å². The van der Waals surface area contributed by atoms with Crippen molar-refractivity contribution >= 4 is 27.6 Å². The summed E-state index contributed by atoms with van der Waals surface area (Å²) in [4.78, 5) is 6.60. The van der Waals surface area contributed by atoms with Crippen molar-refractivity contribution in [2.24, 2.45) is 10.7 Å². The van der Waals surface area contributed by atoms with E-state index in [0.29, 0.717) is 12.5 Å². The molecule has 2 N–H and O–H groups in total. The molecule has 21 heavy (non-hydrogen) atoms. The molecule has 0 fully saturated rings. The van der Waals surface area contributed by atoms with E-state index in [1.54, 1.807) is 0 Å². The predicted molar refractivity (Wildman–Crippen MR) is 91.6 cm³/mol. The van der Waals surface area contributed by atoms with Gasteiger partial charge < -0.3 is 10.6 Å². The Bertz CT molecular complexity index is 693. The average Bonchev–Trinajstić information content (AvgIpc) is 2.77. The number of benzene rings is 2. The highest BCUT2D eigenvalue weighted by Gasteiger charge is 2.40. The zero-order chi connectivity index (χ0) is 15.0. The van der Waals surface area contributed by atoms with E-state index in [0.717, 1.165) is 10.2 Å². The van der Waals surface area contributed by atoms with Gasteiger partial charge in [0.05, 0.1) is 12.1 Å². The summed E-state index contributed by atoms with van der Waals surface area (Å²) >= 11 is 3.55. The minimum atomic E-state index is -0.261. The molecule has 0 spiro atoms. The summed E-state index contributed by atoms with van der Waals surface area (Å²) in [6, 6.07) is 16.7. The van der Waals surface area contributed by atoms with E-state index in [2.05, 4.69) is 76.1 Å². The Kier molecular flexibility index (Phi) is 3.49. The van der Waals surface area contributed by atoms with Crippen LogP contribution >= 0.6 is 15.9 Å². The summed E-state index contributed by atoms with van der Waals surface area (Å²) in [6.45, 7) is 4.92. The molecule has 1 unspecified atom stereocenters. The number of aliphatic imine (C=N–C) groups is 1. The highest BCUT2D eigenvalue weighted by atomic mass is 79.9. The topological polar surface area (TPSA) is 41.6 Å². The van der Waals surface area contributed by atoms with E-state index >= 15 is 0 Å². The number of hydrogen-bond acceptors (Lipinski definition) is 3. The van der Waals surface area contributed by atoms with Crippen molar-refractivity contribution in [2.75, 3.05) is 11.4 Å². The summed E-state index contributed by atoms with van der Waals surface area (Å²) in [7, 11) is 0. The fourth-order valence-electron chi connectivity index (χ4n) is 2.78. The number of rotatable bonds is 2. The molecule has 0 aromatic heterocycles. The van der Waals surface area contributed by atoms with Gasteiger partial charge in [-0.3, -0.25) is 4.99 Å². The molecule has 1 atom stereocenters. The van der Waals surface area contributed by atoms with Gasteiger partial charge in [0.2, 0.25) is 0 Å². The molecular formula is C17H18BrN3. The lowest BCUT2D eigenvalue weighted by molar-refractivity contribution is 0.532. The number of anilines is 1. The number of aryl methyl sites for hydroxylation is 1. The molecule has 0 aliphatic carbocycles. The largest absolute Gasteiger partial charge is 0.369 e. The zero-order valence-electron chi connectivity index (χ0n) is 12.2. The number of hydrogen-bond donors (Lipinski definition) is 1. The molecule has 2 aromatic carbocycles. The van der Waals surface area contributed by atoms with Crippen molar-refractivity contribution in [2.45, 2.75) is 19.4 Å². The van der Waals surface area contributed by atoms with Crippen molar-refractivity contribution < 1.29 is 0 Å². The van der Waals surface area contributed by atoms with Crippen molar-refractivity contribution in [1.29, 1.82) is 0 Å². The molecular weight excluding hydrogens is 326 g/mol. The molecule has 0 saturated heterocycles. The van der Waals surface area contributed by atoms with E-state index in [1.807, 2.05) is 12.1 Å². The van der Waals surface area contributed by atoms with Gasteiger partial charge in [0.25, 0.3) is 0 Å². The fourth-order valence-corrected chi connectivity index (χ4v) is 3.18. The summed E-state index contributed by atoms with van der Waals surface area (Å²) in [5.41, 5.74) is 9.40. The molecule has 2 aromatic rings. The van der Waals surface area contributed by atoms with Crippen LogP contribution in [0.3, 0.4) is 0 Å². The number of halogens is 1. The molecule has 108 valence electrons. The van der Waals surface area contributed by atoms with E-state index in [1.165, 1.54) is 11.1 Å². The van der Waals surface area contributed by atoms with Gasteiger partial charge in [0.1, 0.15) is 0 Å². The highest BCUT2D eigenvalue weighted by molar-refractivity contribution is 9.10. The minimum absolute atomic E-state index is 0.261. The SMILES string of the molecule is Cc1ccc(N2C(N)=NCC2(C)c2cccc(Br)c2)cc1. The lowest BCUT2D eigenvalue weighted by atomic mass is 9.90. The smallest absolute Gasteiger partial charge is 0.196 e. The van der Waals surface area contributed by atoms with Crippen molar-refractivity contribution in [3.8, 4) is 0 Å². The Balaban J connectivity index is 2.07. The second-order valence-corrected chi connectivity index (χ2v) is 6.55. The molecule has 0 saturated carbocycles. The zero-order valence-corrected chi connectivity index (χ0v) is 13.8. The summed E-state index contributed by atoms with van der Waals surface area (Å²) in [5, 5.41) is 0. The van der Waals surface area contributed by atoms with E-state index in [4.69, 9.17) is 5.73 Å². The molecule has 0 amide bonds.